The van der Waals surface area contributed by atoms with Crippen molar-refractivity contribution in [3.05, 3.63) is 23.5 Å². The second-order valence-corrected chi connectivity index (χ2v) is 3.52. The number of aliphatic hydroxyl groups is 1. The molecule has 88 valence electrons. The largest absolute Gasteiger partial charge is 0.398 e. The van der Waals surface area contributed by atoms with E-state index in [1.54, 1.807) is 6.07 Å². The van der Waals surface area contributed by atoms with Crippen LogP contribution in [0.15, 0.2) is 12.3 Å². The number of rotatable bonds is 4. The van der Waals surface area contributed by atoms with Gasteiger partial charge in [0, 0.05) is 30.7 Å². The summed E-state index contributed by atoms with van der Waals surface area (Å²) in [5.41, 5.74) is 7.35. The first-order valence-electron chi connectivity index (χ1n) is 5.22. The van der Waals surface area contributed by atoms with E-state index in [4.69, 9.17) is 10.8 Å². The zero-order valence-electron chi connectivity index (χ0n) is 9.60. The summed E-state index contributed by atoms with van der Waals surface area (Å²) in [6, 6.07) is 1.67. The molecule has 0 saturated carbocycles. The molecule has 0 aliphatic heterocycles. The highest BCUT2D eigenvalue weighted by atomic mass is 16.3. The third-order valence-electron chi connectivity index (χ3n) is 2.34. The molecule has 0 aliphatic rings. The number of likely N-dealkylation sites (N-methyl/N-ethyl adjacent to an activating group) is 1. The molecule has 5 nitrogen and oxygen atoms in total. The van der Waals surface area contributed by atoms with Crippen molar-refractivity contribution in [2.75, 3.05) is 25.4 Å². The van der Waals surface area contributed by atoms with Crippen molar-refractivity contribution in [1.82, 2.24) is 9.88 Å². The number of pyridine rings is 1. The summed E-state index contributed by atoms with van der Waals surface area (Å²) in [5, 5.41) is 8.84. The van der Waals surface area contributed by atoms with Crippen LogP contribution in [-0.4, -0.2) is 40.6 Å². The predicted octanol–water partition coefficient (Wildman–Crippen LogP) is 0.427. The smallest absolute Gasteiger partial charge is 0.257 e. The average Bonchev–Trinajstić information content (AvgIpc) is 2.25. The second-order valence-electron chi connectivity index (χ2n) is 3.52. The summed E-state index contributed by atoms with van der Waals surface area (Å²) < 4.78 is 0. The lowest BCUT2D eigenvalue weighted by Crippen LogP contribution is -2.33. The predicted molar refractivity (Wildman–Crippen MR) is 62.0 cm³/mol. The van der Waals surface area contributed by atoms with E-state index in [1.165, 1.54) is 11.1 Å². The Balaban J connectivity index is 2.94. The van der Waals surface area contributed by atoms with Crippen LogP contribution in [0.5, 0.6) is 0 Å². The molecule has 0 atom stereocenters. The van der Waals surface area contributed by atoms with Crippen LogP contribution < -0.4 is 5.73 Å². The number of nitrogens with two attached hydrogens (primary N) is 1. The number of anilines is 1. The molecular weight excluding hydrogens is 206 g/mol. The summed E-state index contributed by atoms with van der Waals surface area (Å²) in [6.45, 7) is 4.45. The summed E-state index contributed by atoms with van der Waals surface area (Å²) in [4.78, 5) is 17.6. The molecule has 0 saturated heterocycles. The summed E-state index contributed by atoms with van der Waals surface area (Å²) >= 11 is 0. The minimum absolute atomic E-state index is 0.0568. The van der Waals surface area contributed by atoms with Crippen LogP contribution in [0.1, 0.15) is 23.0 Å². The molecule has 1 amide bonds. The number of nitrogens with zero attached hydrogens (tertiary/aromatic N) is 2. The summed E-state index contributed by atoms with van der Waals surface area (Å²) in [5.74, 6) is -0.193. The van der Waals surface area contributed by atoms with Gasteiger partial charge in [0.2, 0.25) is 0 Å². The van der Waals surface area contributed by atoms with Crippen molar-refractivity contribution >= 4 is 11.6 Å². The van der Waals surface area contributed by atoms with Gasteiger partial charge in [-0.05, 0) is 19.9 Å². The van der Waals surface area contributed by atoms with Crippen LogP contribution in [0.4, 0.5) is 5.69 Å². The molecule has 1 aromatic heterocycles. The van der Waals surface area contributed by atoms with Crippen LogP contribution in [0.2, 0.25) is 0 Å². The van der Waals surface area contributed by atoms with Crippen LogP contribution in [-0.2, 0) is 0 Å². The van der Waals surface area contributed by atoms with E-state index in [-0.39, 0.29) is 12.5 Å². The van der Waals surface area contributed by atoms with Crippen LogP contribution in [0.3, 0.4) is 0 Å². The number of carbonyl (C=O) groups excluding carboxylic acids is 1. The number of aryl methyl sites for hydroxylation is 1. The first-order valence-corrected chi connectivity index (χ1v) is 5.22. The lowest BCUT2D eigenvalue weighted by atomic mass is 10.2. The fourth-order valence-electron chi connectivity index (χ4n) is 1.45. The van der Waals surface area contributed by atoms with Crippen LogP contribution in [0.25, 0.3) is 0 Å². The highest BCUT2D eigenvalue weighted by Crippen LogP contribution is 2.13. The third-order valence-corrected chi connectivity index (χ3v) is 2.34. The monoisotopic (exact) mass is 223 g/mol. The first-order chi connectivity index (χ1) is 7.60. The fraction of sp³-hybridized carbons (Fsp3) is 0.455. The Hall–Kier alpha value is -1.62. The average molecular weight is 223 g/mol. The summed E-state index contributed by atoms with van der Waals surface area (Å²) in [6.07, 6.45) is 1.48. The van der Waals surface area contributed by atoms with Gasteiger partial charge in [-0.2, -0.15) is 0 Å². The molecule has 3 N–H and O–H groups in total. The third kappa shape index (κ3) is 2.70. The number of amides is 1. The van der Waals surface area contributed by atoms with Gasteiger partial charge in [0.05, 0.1) is 12.2 Å². The van der Waals surface area contributed by atoms with E-state index in [0.717, 1.165) is 5.69 Å². The Labute approximate surface area is 94.9 Å². The highest BCUT2D eigenvalue weighted by Gasteiger charge is 2.16. The molecular formula is C11H17N3O2. The van der Waals surface area contributed by atoms with Gasteiger partial charge in [0.25, 0.3) is 5.91 Å². The molecule has 1 heterocycles. The maximum atomic E-state index is 12.0. The van der Waals surface area contributed by atoms with Gasteiger partial charge < -0.3 is 15.7 Å². The number of carbonyl (C=O) groups is 1. The normalized spacial score (nSPS) is 10.2. The van der Waals surface area contributed by atoms with Crippen molar-refractivity contribution in [2.45, 2.75) is 13.8 Å². The van der Waals surface area contributed by atoms with Crippen molar-refractivity contribution < 1.29 is 9.90 Å². The van der Waals surface area contributed by atoms with Gasteiger partial charge >= 0.3 is 0 Å². The number of nitrogen functional groups attached to an aromatic ring is 1. The van der Waals surface area contributed by atoms with E-state index in [0.29, 0.717) is 24.3 Å². The molecule has 0 bridgehead atoms. The fourth-order valence-corrected chi connectivity index (χ4v) is 1.45. The molecule has 5 heteroatoms. The number of hydrogen-bond donors (Lipinski definition) is 2. The Morgan fingerprint density at radius 1 is 1.62 bits per heavy atom. The van der Waals surface area contributed by atoms with Crippen molar-refractivity contribution in [3.8, 4) is 0 Å². The SMILES string of the molecule is CCN(CCO)C(=O)c1cnc(C)cc1N. The molecule has 16 heavy (non-hydrogen) atoms. The molecule has 1 aromatic rings. The Morgan fingerprint density at radius 3 is 2.81 bits per heavy atom. The van der Waals surface area contributed by atoms with Gasteiger partial charge in [-0.3, -0.25) is 9.78 Å². The van der Waals surface area contributed by atoms with E-state index < -0.39 is 0 Å². The van der Waals surface area contributed by atoms with Crippen molar-refractivity contribution in [3.63, 3.8) is 0 Å². The van der Waals surface area contributed by atoms with Gasteiger partial charge in [-0.1, -0.05) is 0 Å². The van der Waals surface area contributed by atoms with Gasteiger partial charge in [-0.25, -0.2) is 0 Å². The van der Waals surface area contributed by atoms with Crippen molar-refractivity contribution in [2.24, 2.45) is 0 Å². The van der Waals surface area contributed by atoms with Gasteiger partial charge in [0.1, 0.15) is 0 Å². The van der Waals surface area contributed by atoms with E-state index in [2.05, 4.69) is 4.98 Å². The van der Waals surface area contributed by atoms with Crippen LogP contribution in [0, 0.1) is 6.92 Å². The maximum Gasteiger partial charge on any atom is 0.257 e. The first kappa shape index (κ1) is 12.4. The van der Waals surface area contributed by atoms with Gasteiger partial charge in [0.15, 0.2) is 0 Å². The highest BCUT2D eigenvalue weighted by molar-refractivity contribution is 5.98. The van der Waals surface area contributed by atoms with E-state index >= 15 is 0 Å². The number of aromatic nitrogens is 1. The quantitative estimate of drug-likeness (QED) is 0.775. The zero-order chi connectivity index (χ0) is 12.1. The van der Waals surface area contributed by atoms with Crippen LogP contribution >= 0.6 is 0 Å². The molecule has 0 spiro atoms. The van der Waals surface area contributed by atoms with E-state index in [1.807, 2.05) is 13.8 Å². The van der Waals surface area contributed by atoms with Crippen molar-refractivity contribution in [1.29, 1.82) is 0 Å². The van der Waals surface area contributed by atoms with E-state index in [9.17, 15) is 4.79 Å². The molecule has 1 rings (SSSR count). The topological polar surface area (TPSA) is 79.5 Å². The molecule has 0 fully saturated rings. The minimum atomic E-state index is -0.193. The molecule has 0 aromatic carbocycles. The maximum absolute atomic E-state index is 12.0. The second kappa shape index (κ2) is 5.46. The molecule has 0 radical (unpaired) electrons. The summed E-state index contributed by atoms with van der Waals surface area (Å²) in [7, 11) is 0. The molecule has 0 aliphatic carbocycles. The Morgan fingerprint density at radius 2 is 2.31 bits per heavy atom. The number of hydrogen-bond acceptors (Lipinski definition) is 4. The zero-order valence-corrected chi connectivity index (χ0v) is 9.60. The Bertz CT molecular complexity index is 379. The lowest BCUT2D eigenvalue weighted by molar-refractivity contribution is 0.0732. The van der Waals surface area contributed by atoms with Gasteiger partial charge in [-0.15, -0.1) is 0 Å². The minimum Gasteiger partial charge on any atom is -0.398 e. The molecule has 0 unspecified atom stereocenters. The Kier molecular flexibility index (Phi) is 4.25. The lowest BCUT2D eigenvalue weighted by Gasteiger charge is -2.20. The number of aliphatic hydroxyl groups excluding tert-OH is 1. The standard InChI is InChI=1S/C11H17N3O2/c1-3-14(4-5-15)11(16)9-7-13-8(2)6-10(9)12/h6-7,15H,3-5H2,1-2H3,(H2,12,13).